The summed E-state index contributed by atoms with van der Waals surface area (Å²) in [5.74, 6) is -0.130. The van der Waals surface area contributed by atoms with Crippen LogP contribution in [0.4, 0.5) is 0 Å². The van der Waals surface area contributed by atoms with E-state index in [9.17, 15) is 4.79 Å². The molecule has 0 unspecified atom stereocenters. The Morgan fingerprint density at radius 1 is 1.55 bits per heavy atom. The fourth-order valence-corrected chi connectivity index (χ4v) is 2.84. The highest BCUT2D eigenvalue weighted by molar-refractivity contribution is 14.1. The average Bonchev–Trinajstić information content (AvgIpc) is 2.92. The van der Waals surface area contributed by atoms with Gasteiger partial charge >= 0.3 is 0 Å². The Morgan fingerprint density at radius 3 is 2.80 bits per heavy atom. The second kappa shape index (κ2) is 6.13. The van der Waals surface area contributed by atoms with E-state index >= 15 is 0 Å². The molecule has 0 fully saturated rings. The molecule has 0 aliphatic heterocycles. The Balaban J connectivity index is 2.19. The van der Waals surface area contributed by atoms with Gasteiger partial charge in [-0.25, -0.2) is 0 Å². The minimum Gasteiger partial charge on any atom is -0.334 e. The Labute approximate surface area is 135 Å². The monoisotopic (exact) mass is 407 g/mol. The molecule has 0 aliphatic carbocycles. The molecule has 2 heterocycles. The van der Waals surface area contributed by atoms with E-state index in [0.29, 0.717) is 23.8 Å². The third kappa shape index (κ3) is 2.98. The van der Waals surface area contributed by atoms with Crippen molar-refractivity contribution in [3.63, 3.8) is 0 Å². The van der Waals surface area contributed by atoms with E-state index in [1.54, 1.807) is 34.6 Å². The molecule has 0 aromatic carbocycles. The average molecular weight is 408 g/mol. The Hall–Kier alpha value is -1.09. The van der Waals surface area contributed by atoms with Gasteiger partial charge in [0.1, 0.15) is 0 Å². The number of amides is 1. The summed E-state index contributed by atoms with van der Waals surface area (Å²) in [7, 11) is 3.53. The van der Waals surface area contributed by atoms with Gasteiger partial charge in [0.05, 0.1) is 27.0 Å². The molecule has 6 nitrogen and oxygen atoms in total. The first-order chi connectivity index (χ1) is 9.43. The van der Waals surface area contributed by atoms with Crippen molar-refractivity contribution in [1.82, 2.24) is 24.5 Å². The molecule has 0 bridgehead atoms. The first-order valence-corrected chi connectivity index (χ1v) is 7.54. The first-order valence-electron chi connectivity index (χ1n) is 6.08. The zero-order valence-electron chi connectivity index (χ0n) is 11.5. The van der Waals surface area contributed by atoms with Crippen LogP contribution in [0.5, 0.6) is 0 Å². The maximum atomic E-state index is 12.4. The van der Waals surface area contributed by atoms with Crippen LogP contribution in [0.3, 0.4) is 0 Å². The molecular weight excluding hydrogens is 393 g/mol. The summed E-state index contributed by atoms with van der Waals surface area (Å²) in [5.41, 5.74) is 1.28. The summed E-state index contributed by atoms with van der Waals surface area (Å²) >= 11 is 8.22. The second-order valence-electron chi connectivity index (χ2n) is 4.42. The molecule has 20 heavy (non-hydrogen) atoms. The number of hydrogen-bond acceptors (Lipinski definition) is 3. The minimum absolute atomic E-state index is 0.130. The van der Waals surface area contributed by atoms with Crippen LogP contribution < -0.4 is 0 Å². The van der Waals surface area contributed by atoms with Gasteiger partial charge in [0.2, 0.25) is 0 Å². The van der Waals surface area contributed by atoms with Crippen LogP contribution in [0.1, 0.15) is 23.1 Å². The van der Waals surface area contributed by atoms with Crippen molar-refractivity contribution in [3.8, 4) is 0 Å². The highest BCUT2D eigenvalue weighted by Gasteiger charge is 2.20. The van der Waals surface area contributed by atoms with Crippen LogP contribution in [0.25, 0.3) is 0 Å². The third-order valence-electron chi connectivity index (χ3n) is 2.92. The lowest BCUT2D eigenvalue weighted by Crippen LogP contribution is -2.28. The van der Waals surface area contributed by atoms with E-state index in [0.717, 1.165) is 9.26 Å². The van der Waals surface area contributed by atoms with E-state index in [4.69, 9.17) is 11.6 Å². The van der Waals surface area contributed by atoms with E-state index in [-0.39, 0.29) is 5.91 Å². The lowest BCUT2D eigenvalue weighted by molar-refractivity contribution is 0.0774. The lowest BCUT2D eigenvalue weighted by Gasteiger charge is -2.17. The van der Waals surface area contributed by atoms with Crippen LogP contribution >= 0.6 is 34.2 Å². The highest BCUT2D eigenvalue weighted by atomic mass is 127. The maximum Gasteiger partial charge on any atom is 0.275 e. The molecule has 108 valence electrons. The quantitative estimate of drug-likeness (QED) is 0.730. The van der Waals surface area contributed by atoms with Crippen molar-refractivity contribution in [1.29, 1.82) is 0 Å². The van der Waals surface area contributed by atoms with Gasteiger partial charge < -0.3 is 4.90 Å². The normalized spacial score (nSPS) is 10.8. The van der Waals surface area contributed by atoms with Crippen molar-refractivity contribution < 1.29 is 4.79 Å². The minimum atomic E-state index is -0.130. The Morgan fingerprint density at radius 2 is 2.25 bits per heavy atom. The summed E-state index contributed by atoms with van der Waals surface area (Å²) in [6, 6.07) is 0. The summed E-state index contributed by atoms with van der Waals surface area (Å²) in [5, 5.41) is 8.93. The lowest BCUT2D eigenvalue weighted by atomic mass is 10.3. The summed E-state index contributed by atoms with van der Waals surface area (Å²) < 4.78 is 4.25. The van der Waals surface area contributed by atoms with Crippen LogP contribution in [-0.2, 0) is 20.1 Å². The smallest absolute Gasteiger partial charge is 0.275 e. The summed E-state index contributed by atoms with van der Waals surface area (Å²) in [6.07, 6.45) is 3.41. The zero-order valence-corrected chi connectivity index (χ0v) is 14.4. The summed E-state index contributed by atoms with van der Waals surface area (Å²) in [4.78, 5) is 14.0. The molecule has 0 spiro atoms. The molecule has 8 heteroatoms. The molecule has 1 amide bonds. The predicted octanol–water partition coefficient (Wildman–Crippen LogP) is 2.17. The number of hydrogen-bond donors (Lipinski definition) is 0. The van der Waals surface area contributed by atoms with Gasteiger partial charge in [-0.05, 0) is 29.5 Å². The van der Waals surface area contributed by atoms with Crippen molar-refractivity contribution in [3.05, 3.63) is 32.4 Å². The predicted molar refractivity (Wildman–Crippen MR) is 84.6 cm³/mol. The van der Waals surface area contributed by atoms with E-state index in [1.807, 2.05) is 13.1 Å². The van der Waals surface area contributed by atoms with Crippen LogP contribution in [0.15, 0.2) is 12.4 Å². The zero-order chi connectivity index (χ0) is 14.9. The van der Waals surface area contributed by atoms with Gasteiger partial charge in [0.15, 0.2) is 5.69 Å². The van der Waals surface area contributed by atoms with Crippen molar-refractivity contribution >= 4 is 40.1 Å². The van der Waals surface area contributed by atoms with Gasteiger partial charge in [-0.15, -0.1) is 0 Å². The molecule has 0 saturated heterocycles. The number of carbonyl (C=O) groups is 1. The van der Waals surface area contributed by atoms with E-state index < -0.39 is 0 Å². The number of rotatable bonds is 4. The number of aryl methyl sites for hydroxylation is 2. The molecule has 0 saturated carbocycles. The third-order valence-corrected chi connectivity index (χ3v) is 4.02. The van der Waals surface area contributed by atoms with Gasteiger partial charge in [0, 0.05) is 26.8 Å². The molecule has 0 radical (unpaired) electrons. The van der Waals surface area contributed by atoms with Crippen LogP contribution in [0, 0.1) is 3.57 Å². The van der Waals surface area contributed by atoms with Gasteiger partial charge in [-0.1, -0.05) is 11.6 Å². The fourth-order valence-electron chi connectivity index (χ4n) is 1.90. The largest absolute Gasteiger partial charge is 0.334 e. The number of nitrogens with zero attached hydrogens (tertiary/aromatic N) is 5. The van der Waals surface area contributed by atoms with E-state index in [2.05, 4.69) is 32.8 Å². The standard InChI is InChI=1S/C12H15ClIN5O/c1-4-19-10(8(13)5-15-19)7-17(2)12(20)11-9(14)6-18(3)16-11/h5-6H,4,7H2,1-3H3. The Kier molecular flexibility index (Phi) is 4.69. The van der Waals surface area contributed by atoms with E-state index in [1.165, 1.54) is 0 Å². The Bertz CT molecular complexity index is 636. The van der Waals surface area contributed by atoms with Gasteiger partial charge in [-0.3, -0.25) is 14.2 Å². The maximum absolute atomic E-state index is 12.4. The number of carbonyl (C=O) groups excluding carboxylic acids is 1. The van der Waals surface area contributed by atoms with Gasteiger partial charge in [0.25, 0.3) is 5.91 Å². The molecule has 2 aromatic heterocycles. The number of halogens is 2. The molecular formula is C12H15ClIN5O. The molecule has 2 aromatic rings. The van der Waals surface area contributed by atoms with Crippen molar-refractivity contribution in [2.75, 3.05) is 7.05 Å². The molecule has 0 N–H and O–H groups in total. The fraction of sp³-hybridized carbons (Fsp3) is 0.417. The number of aromatic nitrogens is 4. The van der Waals surface area contributed by atoms with Crippen molar-refractivity contribution in [2.45, 2.75) is 20.0 Å². The van der Waals surface area contributed by atoms with Gasteiger partial charge in [-0.2, -0.15) is 10.2 Å². The van der Waals surface area contributed by atoms with Crippen LogP contribution in [0.2, 0.25) is 5.02 Å². The SMILES string of the molecule is CCn1ncc(Cl)c1CN(C)C(=O)c1nn(C)cc1I. The molecule has 2 rings (SSSR count). The molecule has 0 atom stereocenters. The second-order valence-corrected chi connectivity index (χ2v) is 5.98. The topological polar surface area (TPSA) is 56.0 Å². The summed E-state index contributed by atoms with van der Waals surface area (Å²) in [6.45, 7) is 3.10. The van der Waals surface area contributed by atoms with Crippen LogP contribution in [-0.4, -0.2) is 37.4 Å². The first kappa shape index (κ1) is 15.3. The van der Waals surface area contributed by atoms with Crippen molar-refractivity contribution in [2.24, 2.45) is 7.05 Å². The highest BCUT2D eigenvalue weighted by Crippen LogP contribution is 2.18. The molecule has 0 aliphatic rings.